The summed E-state index contributed by atoms with van der Waals surface area (Å²) >= 11 is 0. The lowest BCUT2D eigenvalue weighted by Crippen LogP contribution is -2.42. The topological polar surface area (TPSA) is 84.0 Å². The van der Waals surface area contributed by atoms with Gasteiger partial charge >= 0.3 is 0 Å². The summed E-state index contributed by atoms with van der Waals surface area (Å²) in [6.07, 6.45) is 0. The SMILES string of the molecule is CCOc1ccc(CN2C(=O)c3ccccc3C2=O)cc1C(=O)N1CCS(=O)CC1. The van der Waals surface area contributed by atoms with Gasteiger partial charge in [0.25, 0.3) is 17.7 Å². The van der Waals surface area contributed by atoms with Crippen LogP contribution in [0.3, 0.4) is 0 Å². The van der Waals surface area contributed by atoms with Crippen LogP contribution >= 0.6 is 0 Å². The second kappa shape index (κ2) is 8.39. The van der Waals surface area contributed by atoms with Gasteiger partial charge in [-0.25, -0.2) is 0 Å². The summed E-state index contributed by atoms with van der Waals surface area (Å²) in [5, 5.41) is 0. The summed E-state index contributed by atoms with van der Waals surface area (Å²) in [7, 11) is -0.885. The molecular formula is C22H22N2O5S. The first-order valence-electron chi connectivity index (χ1n) is 9.84. The van der Waals surface area contributed by atoms with Gasteiger partial charge in [-0.15, -0.1) is 0 Å². The molecule has 0 spiro atoms. The molecule has 2 aromatic carbocycles. The van der Waals surface area contributed by atoms with Crippen molar-refractivity contribution < 1.29 is 23.3 Å². The lowest BCUT2D eigenvalue weighted by Gasteiger charge is -2.27. The molecule has 1 fully saturated rings. The number of benzene rings is 2. The highest BCUT2D eigenvalue weighted by Crippen LogP contribution is 2.27. The second-order valence-corrected chi connectivity index (χ2v) is 8.84. The number of carbonyl (C=O) groups is 3. The molecule has 0 radical (unpaired) electrons. The fraction of sp³-hybridized carbons (Fsp3) is 0.318. The van der Waals surface area contributed by atoms with Crippen LogP contribution in [-0.4, -0.2) is 62.9 Å². The van der Waals surface area contributed by atoms with E-state index >= 15 is 0 Å². The van der Waals surface area contributed by atoms with Crippen LogP contribution in [0.15, 0.2) is 42.5 Å². The van der Waals surface area contributed by atoms with Gasteiger partial charge < -0.3 is 9.64 Å². The van der Waals surface area contributed by atoms with Crippen molar-refractivity contribution in [2.24, 2.45) is 0 Å². The number of nitrogens with zero attached hydrogens (tertiary/aromatic N) is 2. The largest absolute Gasteiger partial charge is 0.493 e. The van der Waals surface area contributed by atoms with Gasteiger partial charge in [-0.05, 0) is 36.8 Å². The Hall–Kier alpha value is -3.00. The summed E-state index contributed by atoms with van der Waals surface area (Å²) in [6, 6.07) is 11.9. The number of hydrogen-bond acceptors (Lipinski definition) is 5. The maximum absolute atomic E-state index is 13.1. The molecule has 2 heterocycles. The van der Waals surface area contributed by atoms with Crippen molar-refractivity contribution in [1.82, 2.24) is 9.80 Å². The molecule has 0 bridgehead atoms. The molecule has 156 valence electrons. The minimum absolute atomic E-state index is 0.0725. The van der Waals surface area contributed by atoms with Gasteiger partial charge in [-0.1, -0.05) is 18.2 Å². The van der Waals surface area contributed by atoms with Crippen LogP contribution in [-0.2, 0) is 17.3 Å². The fourth-order valence-electron chi connectivity index (χ4n) is 3.70. The number of ether oxygens (including phenoxy) is 1. The molecule has 2 aliphatic rings. The summed E-state index contributed by atoms with van der Waals surface area (Å²) in [4.78, 5) is 41.3. The zero-order chi connectivity index (χ0) is 21.3. The number of fused-ring (bicyclic) bond motifs is 1. The van der Waals surface area contributed by atoms with E-state index in [2.05, 4.69) is 0 Å². The molecule has 0 unspecified atom stereocenters. The first-order chi connectivity index (χ1) is 14.5. The highest BCUT2D eigenvalue weighted by atomic mass is 32.2. The van der Waals surface area contributed by atoms with Crippen LogP contribution < -0.4 is 4.74 Å². The average Bonchev–Trinajstić information content (AvgIpc) is 3.00. The summed E-state index contributed by atoms with van der Waals surface area (Å²) in [6.45, 7) is 3.18. The van der Waals surface area contributed by atoms with Crippen LogP contribution in [0.1, 0.15) is 43.6 Å². The molecule has 8 heteroatoms. The molecule has 2 aromatic rings. The van der Waals surface area contributed by atoms with Crippen molar-refractivity contribution in [3.63, 3.8) is 0 Å². The molecule has 0 atom stereocenters. The monoisotopic (exact) mass is 426 g/mol. The quantitative estimate of drug-likeness (QED) is 0.684. The van der Waals surface area contributed by atoms with E-state index in [0.717, 1.165) is 0 Å². The molecule has 1 saturated heterocycles. The molecule has 0 aromatic heterocycles. The lowest BCUT2D eigenvalue weighted by molar-refractivity contribution is 0.0642. The first-order valence-corrected chi connectivity index (χ1v) is 11.3. The van der Waals surface area contributed by atoms with Crippen LogP contribution in [0.2, 0.25) is 0 Å². The van der Waals surface area contributed by atoms with Crippen molar-refractivity contribution >= 4 is 28.5 Å². The molecule has 7 nitrogen and oxygen atoms in total. The lowest BCUT2D eigenvalue weighted by atomic mass is 10.1. The standard InChI is InChI=1S/C22H22N2O5S/c1-2-29-19-8-7-15(13-18(19)20(25)23-9-11-30(28)12-10-23)14-24-21(26)16-5-3-4-6-17(16)22(24)27/h3-8,13H,2,9-12,14H2,1H3. The van der Waals surface area contributed by atoms with E-state index in [1.807, 2.05) is 6.92 Å². The van der Waals surface area contributed by atoms with Gasteiger partial charge in [0.15, 0.2) is 0 Å². The Balaban J connectivity index is 1.60. The molecule has 3 amide bonds. The number of imide groups is 1. The number of rotatable bonds is 5. The van der Waals surface area contributed by atoms with Gasteiger partial charge in [0.1, 0.15) is 5.75 Å². The molecule has 4 rings (SSSR count). The van der Waals surface area contributed by atoms with E-state index in [0.29, 0.717) is 59.2 Å². The summed E-state index contributed by atoms with van der Waals surface area (Å²) in [5.41, 5.74) is 1.84. The predicted molar refractivity (Wildman–Crippen MR) is 112 cm³/mol. The van der Waals surface area contributed by atoms with Gasteiger partial charge in [0, 0.05) is 35.4 Å². The summed E-state index contributed by atoms with van der Waals surface area (Å²) in [5.74, 6) is 0.515. The maximum Gasteiger partial charge on any atom is 0.261 e. The molecule has 0 saturated carbocycles. The fourth-order valence-corrected chi connectivity index (χ4v) is 4.75. The summed E-state index contributed by atoms with van der Waals surface area (Å²) < 4.78 is 17.3. The molecule has 30 heavy (non-hydrogen) atoms. The van der Waals surface area contributed by atoms with Crippen molar-refractivity contribution in [1.29, 1.82) is 0 Å². The Labute approximate surface area is 177 Å². The van der Waals surface area contributed by atoms with Gasteiger partial charge in [-0.3, -0.25) is 23.5 Å². The van der Waals surface area contributed by atoms with Gasteiger partial charge in [0.2, 0.25) is 0 Å². The van der Waals surface area contributed by atoms with Gasteiger partial charge in [0.05, 0.1) is 29.8 Å². The Morgan fingerprint density at radius 3 is 2.27 bits per heavy atom. The highest BCUT2D eigenvalue weighted by Gasteiger charge is 2.35. The van der Waals surface area contributed by atoms with Crippen LogP contribution in [0.4, 0.5) is 0 Å². The number of carbonyl (C=O) groups excluding carboxylic acids is 3. The third-order valence-corrected chi connectivity index (χ3v) is 6.53. The third kappa shape index (κ3) is 3.75. The molecule has 0 aliphatic carbocycles. The predicted octanol–water partition coefficient (Wildman–Crippen LogP) is 2.09. The minimum Gasteiger partial charge on any atom is -0.493 e. The Kier molecular flexibility index (Phi) is 5.67. The van der Waals surface area contributed by atoms with Crippen molar-refractivity contribution in [3.8, 4) is 5.75 Å². The first kappa shape index (κ1) is 20.3. The average molecular weight is 426 g/mol. The van der Waals surface area contributed by atoms with E-state index < -0.39 is 10.8 Å². The normalized spacial score (nSPS) is 16.7. The van der Waals surface area contributed by atoms with Gasteiger partial charge in [-0.2, -0.15) is 0 Å². The Morgan fingerprint density at radius 1 is 1.03 bits per heavy atom. The van der Waals surface area contributed by atoms with E-state index in [9.17, 15) is 18.6 Å². The van der Waals surface area contributed by atoms with Crippen LogP contribution in [0.5, 0.6) is 5.75 Å². The smallest absolute Gasteiger partial charge is 0.261 e. The number of amides is 3. The molecule has 0 N–H and O–H groups in total. The third-order valence-electron chi connectivity index (χ3n) is 5.26. The zero-order valence-corrected chi connectivity index (χ0v) is 17.4. The van der Waals surface area contributed by atoms with Crippen molar-refractivity contribution in [3.05, 3.63) is 64.7 Å². The van der Waals surface area contributed by atoms with E-state index in [1.54, 1.807) is 47.4 Å². The van der Waals surface area contributed by atoms with Crippen LogP contribution in [0.25, 0.3) is 0 Å². The van der Waals surface area contributed by atoms with Crippen molar-refractivity contribution in [2.75, 3.05) is 31.2 Å². The maximum atomic E-state index is 13.1. The zero-order valence-electron chi connectivity index (χ0n) is 16.6. The molecule has 2 aliphatic heterocycles. The van der Waals surface area contributed by atoms with E-state index in [-0.39, 0.29) is 24.3 Å². The number of hydrogen-bond donors (Lipinski definition) is 0. The van der Waals surface area contributed by atoms with E-state index in [1.165, 1.54) is 4.90 Å². The Morgan fingerprint density at radius 2 is 1.67 bits per heavy atom. The van der Waals surface area contributed by atoms with E-state index in [4.69, 9.17) is 4.74 Å². The van der Waals surface area contributed by atoms with Crippen molar-refractivity contribution in [2.45, 2.75) is 13.5 Å². The highest BCUT2D eigenvalue weighted by molar-refractivity contribution is 7.85. The molecular weight excluding hydrogens is 404 g/mol. The Bertz CT molecular complexity index is 1010. The minimum atomic E-state index is -0.885. The van der Waals surface area contributed by atoms with Crippen LogP contribution in [0, 0.1) is 0 Å². The second-order valence-electron chi connectivity index (χ2n) is 7.15.